The molecule has 37 heavy (non-hydrogen) atoms. The number of amides is 1. The summed E-state index contributed by atoms with van der Waals surface area (Å²) in [5.74, 6) is -0.845. The Morgan fingerprint density at radius 2 is 2.05 bits per heavy atom. The number of nitrogens with zero attached hydrogens (tertiary/aromatic N) is 3. The number of morpholine rings is 1. The number of pyridine rings is 2. The maximum atomic E-state index is 14.5. The number of carbonyl (C=O) groups is 1. The minimum absolute atomic E-state index is 0.189. The van der Waals surface area contributed by atoms with E-state index in [-0.39, 0.29) is 23.7 Å². The molecule has 0 bridgehead atoms. The summed E-state index contributed by atoms with van der Waals surface area (Å²) in [6.45, 7) is 5.03. The first kappa shape index (κ1) is 23.5. The van der Waals surface area contributed by atoms with Crippen LogP contribution in [0, 0.1) is 12.7 Å². The van der Waals surface area contributed by atoms with Crippen molar-refractivity contribution in [3.63, 3.8) is 0 Å². The number of rotatable bonds is 4. The molecule has 6 rings (SSSR count). The lowest BCUT2D eigenvalue weighted by Gasteiger charge is -2.43. The number of hydrogen-bond acceptors (Lipinski definition) is 6. The number of hydrogen-bond donors (Lipinski definition) is 2. The van der Waals surface area contributed by atoms with Crippen LogP contribution in [0.15, 0.2) is 60.8 Å². The second kappa shape index (κ2) is 9.53. The number of aryl methyl sites for hydroxylation is 1. The lowest BCUT2D eigenvalue weighted by molar-refractivity contribution is -0.0134. The second-order valence-electron chi connectivity index (χ2n) is 9.75. The molecular weight excluding hydrogens is 469 g/mol. The highest BCUT2D eigenvalue weighted by atomic mass is 19.1. The highest BCUT2D eigenvalue weighted by Gasteiger charge is 2.33. The summed E-state index contributed by atoms with van der Waals surface area (Å²) in [4.78, 5) is 23.3. The van der Waals surface area contributed by atoms with Crippen LogP contribution < -0.4 is 16.0 Å². The average molecular weight is 498 g/mol. The van der Waals surface area contributed by atoms with Crippen molar-refractivity contribution in [2.45, 2.75) is 25.5 Å². The van der Waals surface area contributed by atoms with Crippen LogP contribution in [0.3, 0.4) is 0 Å². The van der Waals surface area contributed by atoms with E-state index in [0.717, 1.165) is 71.5 Å². The summed E-state index contributed by atoms with van der Waals surface area (Å²) in [5, 5.41) is 4.55. The van der Waals surface area contributed by atoms with Gasteiger partial charge in [0.15, 0.2) is 0 Å². The molecule has 0 aliphatic carbocycles. The molecule has 0 radical (unpaired) electrons. The van der Waals surface area contributed by atoms with Crippen LogP contribution in [0.5, 0.6) is 0 Å². The Hall–Kier alpha value is -3.88. The van der Waals surface area contributed by atoms with Gasteiger partial charge in [-0.2, -0.15) is 0 Å². The molecule has 3 N–H and O–H groups in total. The molecular formula is C29H28FN5O2. The zero-order valence-electron chi connectivity index (χ0n) is 20.6. The van der Waals surface area contributed by atoms with E-state index in [1.54, 1.807) is 18.2 Å². The van der Waals surface area contributed by atoms with Crippen LogP contribution in [-0.4, -0.2) is 54.3 Å². The van der Waals surface area contributed by atoms with Crippen LogP contribution in [0.25, 0.3) is 33.3 Å². The molecule has 0 spiro atoms. The maximum Gasteiger partial charge on any atom is 0.267 e. The lowest BCUT2D eigenvalue weighted by atomic mass is 9.95. The number of ether oxygens (including phenoxy) is 1. The zero-order valence-corrected chi connectivity index (χ0v) is 20.6. The fourth-order valence-electron chi connectivity index (χ4n) is 5.50. The third-order valence-corrected chi connectivity index (χ3v) is 7.20. The number of halogens is 1. The van der Waals surface area contributed by atoms with E-state index in [9.17, 15) is 9.18 Å². The van der Waals surface area contributed by atoms with E-state index >= 15 is 0 Å². The molecule has 2 atom stereocenters. The molecule has 4 aromatic rings. The molecule has 1 amide bonds. The average Bonchev–Trinajstić information content (AvgIpc) is 2.91. The lowest BCUT2D eigenvalue weighted by Crippen LogP contribution is -2.58. The number of anilines is 1. The molecule has 7 nitrogen and oxygen atoms in total. The maximum absolute atomic E-state index is 14.5. The van der Waals surface area contributed by atoms with E-state index in [1.165, 1.54) is 6.07 Å². The Labute approximate surface area is 214 Å². The number of piperidine rings is 1. The number of benzene rings is 2. The standard InChI is InChI=1S/C29H28FN5O2/c1-17-11-19(13-20(30)12-17)22-15-33-24-6-5-18(23-3-2-4-25(34-23)29(31)36)14-21(24)28(22)35-9-7-27-26(16-35)32-8-10-37-27/h2-6,11-15,26-27,32H,7-10,16H2,1H3,(H2,31,36)/t26-,27?/m1/s1. The van der Waals surface area contributed by atoms with Crippen molar-refractivity contribution in [3.05, 3.63) is 77.9 Å². The predicted molar refractivity (Wildman–Crippen MR) is 142 cm³/mol. The largest absolute Gasteiger partial charge is 0.375 e. The highest BCUT2D eigenvalue weighted by Crippen LogP contribution is 2.40. The van der Waals surface area contributed by atoms with Gasteiger partial charge in [-0.05, 0) is 60.9 Å². The molecule has 4 heterocycles. The van der Waals surface area contributed by atoms with E-state index in [1.807, 2.05) is 37.4 Å². The molecule has 2 aromatic carbocycles. The quantitative estimate of drug-likeness (QED) is 0.441. The van der Waals surface area contributed by atoms with Crippen molar-refractivity contribution in [1.82, 2.24) is 15.3 Å². The SMILES string of the molecule is Cc1cc(F)cc(-c2cnc3ccc(-c4cccc(C(N)=O)n4)cc3c2N2CCC3OCCN[C@@H]3C2)c1. The van der Waals surface area contributed by atoms with Gasteiger partial charge < -0.3 is 20.7 Å². The molecule has 2 aliphatic heterocycles. The number of aromatic nitrogens is 2. The number of fused-ring (bicyclic) bond motifs is 2. The van der Waals surface area contributed by atoms with Gasteiger partial charge in [0, 0.05) is 42.3 Å². The van der Waals surface area contributed by atoms with E-state index in [0.29, 0.717) is 5.69 Å². The summed E-state index contributed by atoms with van der Waals surface area (Å²) in [6, 6.07) is 16.5. The molecule has 2 aromatic heterocycles. The first-order valence-electron chi connectivity index (χ1n) is 12.5. The topological polar surface area (TPSA) is 93.4 Å². The van der Waals surface area contributed by atoms with Gasteiger partial charge in [-0.3, -0.25) is 9.78 Å². The van der Waals surface area contributed by atoms with Crippen LogP contribution in [0.2, 0.25) is 0 Å². The van der Waals surface area contributed by atoms with Gasteiger partial charge in [0.05, 0.1) is 35.7 Å². The first-order chi connectivity index (χ1) is 18.0. The van der Waals surface area contributed by atoms with Crippen molar-refractivity contribution >= 4 is 22.5 Å². The van der Waals surface area contributed by atoms with Gasteiger partial charge in [-0.15, -0.1) is 0 Å². The van der Waals surface area contributed by atoms with Crippen molar-refractivity contribution in [1.29, 1.82) is 0 Å². The number of nitrogens with one attached hydrogen (secondary N) is 1. The van der Waals surface area contributed by atoms with Crippen molar-refractivity contribution in [3.8, 4) is 22.4 Å². The predicted octanol–water partition coefficient (Wildman–Crippen LogP) is 4.08. The molecule has 0 saturated carbocycles. The van der Waals surface area contributed by atoms with Crippen molar-refractivity contribution < 1.29 is 13.9 Å². The number of primary amides is 1. The summed E-state index contributed by atoms with van der Waals surface area (Å²) in [7, 11) is 0. The van der Waals surface area contributed by atoms with Crippen molar-refractivity contribution in [2.75, 3.05) is 31.1 Å². The minimum Gasteiger partial charge on any atom is -0.375 e. The Morgan fingerprint density at radius 3 is 2.89 bits per heavy atom. The number of carbonyl (C=O) groups excluding carboxylic acids is 1. The molecule has 2 aliphatic rings. The van der Waals surface area contributed by atoms with Crippen LogP contribution in [-0.2, 0) is 4.74 Å². The fraction of sp³-hybridized carbons (Fsp3) is 0.276. The van der Waals surface area contributed by atoms with Crippen LogP contribution in [0.1, 0.15) is 22.5 Å². The Morgan fingerprint density at radius 1 is 1.16 bits per heavy atom. The summed E-state index contributed by atoms with van der Waals surface area (Å²) in [5.41, 5.74) is 11.5. The molecule has 1 unspecified atom stereocenters. The first-order valence-corrected chi connectivity index (χ1v) is 12.5. The molecule has 8 heteroatoms. The third kappa shape index (κ3) is 4.54. The van der Waals surface area contributed by atoms with Crippen LogP contribution in [0.4, 0.5) is 10.1 Å². The summed E-state index contributed by atoms with van der Waals surface area (Å²) < 4.78 is 20.5. The second-order valence-corrected chi connectivity index (χ2v) is 9.75. The Balaban J connectivity index is 1.54. The van der Waals surface area contributed by atoms with Crippen molar-refractivity contribution in [2.24, 2.45) is 5.73 Å². The minimum atomic E-state index is -0.571. The smallest absolute Gasteiger partial charge is 0.267 e. The van der Waals surface area contributed by atoms with Gasteiger partial charge in [-0.25, -0.2) is 9.37 Å². The van der Waals surface area contributed by atoms with Gasteiger partial charge in [0.2, 0.25) is 0 Å². The summed E-state index contributed by atoms with van der Waals surface area (Å²) in [6.07, 6.45) is 2.92. The van der Waals surface area contributed by atoms with Gasteiger partial charge in [-0.1, -0.05) is 18.2 Å². The molecule has 2 fully saturated rings. The highest BCUT2D eigenvalue weighted by molar-refractivity contribution is 6.02. The monoisotopic (exact) mass is 497 g/mol. The molecule has 2 saturated heterocycles. The van der Waals surface area contributed by atoms with Gasteiger partial charge >= 0.3 is 0 Å². The fourth-order valence-corrected chi connectivity index (χ4v) is 5.50. The van der Waals surface area contributed by atoms with E-state index in [4.69, 9.17) is 15.5 Å². The zero-order chi connectivity index (χ0) is 25.5. The third-order valence-electron chi connectivity index (χ3n) is 7.20. The number of nitrogens with two attached hydrogens (primary N) is 1. The van der Waals surface area contributed by atoms with E-state index in [2.05, 4.69) is 21.3 Å². The van der Waals surface area contributed by atoms with Crippen LogP contribution >= 0.6 is 0 Å². The summed E-state index contributed by atoms with van der Waals surface area (Å²) >= 11 is 0. The van der Waals surface area contributed by atoms with E-state index < -0.39 is 5.91 Å². The normalized spacial score (nSPS) is 19.6. The van der Waals surface area contributed by atoms with Gasteiger partial charge in [0.1, 0.15) is 11.5 Å². The Bertz CT molecular complexity index is 1490. The van der Waals surface area contributed by atoms with Gasteiger partial charge in [0.25, 0.3) is 5.91 Å². The Kier molecular flexibility index (Phi) is 6.06. The molecule has 188 valence electrons.